The van der Waals surface area contributed by atoms with Crippen molar-refractivity contribution in [1.29, 1.82) is 0 Å². The monoisotopic (exact) mass is 327 g/mol. The number of nitrogens with two attached hydrogens (primary N) is 1. The smallest absolute Gasteiger partial charge is 0.243 e. The molecule has 0 aliphatic rings. The van der Waals surface area contributed by atoms with Crippen LogP contribution in [0.4, 0.5) is 0 Å². The fourth-order valence-corrected chi connectivity index (χ4v) is 3.00. The van der Waals surface area contributed by atoms with Crippen molar-refractivity contribution < 1.29 is 13.2 Å². The number of nitrogens with one attached hydrogen (secondary N) is 1. The van der Waals surface area contributed by atoms with Gasteiger partial charge in [-0.05, 0) is 25.0 Å². The highest BCUT2D eigenvalue weighted by molar-refractivity contribution is 7.89. The van der Waals surface area contributed by atoms with Crippen LogP contribution in [0.15, 0.2) is 35.2 Å². The van der Waals surface area contributed by atoms with Gasteiger partial charge in [0.05, 0.1) is 17.0 Å². The van der Waals surface area contributed by atoms with E-state index in [1.54, 1.807) is 18.2 Å². The Morgan fingerprint density at radius 3 is 2.32 bits per heavy atom. The molecule has 22 heavy (non-hydrogen) atoms. The zero-order valence-corrected chi connectivity index (χ0v) is 14.4. The van der Waals surface area contributed by atoms with Gasteiger partial charge in [0.2, 0.25) is 15.9 Å². The maximum absolute atomic E-state index is 12.4. The zero-order chi connectivity index (χ0) is 17.0. The molecule has 3 N–H and O–H groups in total. The van der Waals surface area contributed by atoms with Crippen molar-refractivity contribution in [3.05, 3.63) is 30.3 Å². The van der Waals surface area contributed by atoms with E-state index in [1.807, 2.05) is 20.8 Å². The summed E-state index contributed by atoms with van der Waals surface area (Å²) in [6.07, 6.45) is 0. The molecule has 0 aliphatic heterocycles. The number of carbonyl (C=O) groups is 1. The quantitative estimate of drug-likeness (QED) is 0.774. The summed E-state index contributed by atoms with van der Waals surface area (Å²) in [5, 5.41) is 2.83. The van der Waals surface area contributed by atoms with Crippen LogP contribution < -0.4 is 11.1 Å². The predicted octanol–water partition coefficient (Wildman–Crippen LogP) is 0.797. The fourth-order valence-electron chi connectivity index (χ4n) is 1.85. The first-order valence-corrected chi connectivity index (χ1v) is 8.60. The topological polar surface area (TPSA) is 92.5 Å². The molecular formula is C15H25N3O3S. The second kappa shape index (κ2) is 7.21. The molecule has 0 bridgehead atoms. The SMILES string of the molecule is CC(C)C(C)(CN)NC(=O)CN(C)S(=O)(=O)c1ccccc1. The number of rotatable bonds is 7. The maximum Gasteiger partial charge on any atom is 0.243 e. The molecule has 124 valence electrons. The van der Waals surface area contributed by atoms with Gasteiger partial charge in [-0.1, -0.05) is 32.0 Å². The molecule has 0 saturated heterocycles. The van der Waals surface area contributed by atoms with Crippen LogP contribution >= 0.6 is 0 Å². The largest absolute Gasteiger partial charge is 0.348 e. The summed E-state index contributed by atoms with van der Waals surface area (Å²) < 4.78 is 25.8. The highest BCUT2D eigenvalue weighted by Crippen LogP contribution is 2.16. The van der Waals surface area contributed by atoms with Crippen molar-refractivity contribution in [3.63, 3.8) is 0 Å². The van der Waals surface area contributed by atoms with Crippen LogP contribution in [0, 0.1) is 5.92 Å². The van der Waals surface area contributed by atoms with Gasteiger partial charge < -0.3 is 11.1 Å². The van der Waals surface area contributed by atoms with E-state index in [1.165, 1.54) is 19.2 Å². The number of hydrogen-bond acceptors (Lipinski definition) is 4. The fraction of sp³-hybridized carbons (Fsp3) is 0.533. The van der Waals surface area contributed by atoms with Gasteiger partial charge in [-0.3, -0.25) is 4.79 Å². The third-order valence-corrected chi connectivity index (χ3v) is 5.76. The van der Waals surface area contributed by atoms with Crippen molar-refractivity contribution in [1.82, 2.24) is 9.62 Å². The molecule has 1 rings (SSSR count). The van der Waals surface area contributed by atoms with Crippen LogP contribution in [0.5, 0.6) is 0 Å². The van der Waals surface area contributed by atoms with Gasteiger partial charge in [0.15, 0.2) is 0 Å². The van der Waals surface area contributed by atoms with Crippen molar-refractivity contribution in [2.75, 3.05) is 20.1 Å². The average Bonchev–Trinajstić information content (AvgIpc) is 2.47. The average molecular weight is 327 g/mol. The standard InChI is InChI=1S/C15H25N3O3S/c1-12(2)15(3,11-16)17-14(19)10-18(4)22(20,21)13-8-6-5-7-9-13/h5-9,12H,10-11,16H2,1-4H3,(H,17,19). The van der Waals surface area contributed by atoms with E-state index in [9.17, 15) is 13.2 Å². The van der Waals surface area contributed by atoms with Crippen LogP contribution in [0.25, 0.3) is 0 Å². The number of hydrogen-bond donors (Lipinski definition) is 2. The number of sulfonamides is 1. The van der Waals surface area contributed by atoms with Gasteiger partial charge in [0, 0.05) is 13.6 Å². The molecule has 0 fully saturated rings. The second-order valence-corrected chi connectivity index (χ2v) is 7.94. The molecule has 1 unspecified atom stereocenters. The molecular weight excluding hydrogens is 302 g/mol. The second-order valence-electron chi connectivity index (χ2n) is 5.90. The Hall–Kier alpha value is -1.44. The summed E-state index contributed by atoms with van der Waals surface area (Å²) >= 11 is 0. The Morgan fingerprint density at radius 2 is 1.86 bits per heavy atom. The third-order valence-electron chi connectivity index (χ3n) is 3.94. The van der Waals surface area contributed by atoms with E-state index in [2.05, 4.69) is 5.32 Å². The van der Waals surface area contributed by atoms with Gasteiger partial charge in [-0.25, -0.2) is 8.42 Å². The van der Waals surface area contributed by atoms with E-state index >= 15 is 0 Å². The lowest BCUT2D eigenvalue weighted by molar-refractivity contribution is -0.123. The zero-order valence-electron chi connectivity index (χ0n) is 13.5. The minimum atomic E-state index is -3.68. The highest BCUT2D eigenvalue weighted by atomic mass is 32.2. The van der Waals surface area contributed by atoms with E-state index in [4.69, 9.17) is 5.73 Å². The van der Waals surface area contributed by atoms with Gasteiger partial charge in [0.25, 0.3) is 0 Å². The van der Waals surface area contributed by atoms with Crippen molar-refractivity contribution in [2.24, 2.45) is 11.7 Å². The first kappa shape index (κ1) is 18.6. The number of benzene rings is 1. The van der Waals surface area contributed by atoms with Crippen LogP contribution in [0.3, 0.4) is 0 Å². The van der Waals surface area contributed by atoms with E-state index in [-0.39, 0.29) is 29.8 Å². The van der Waals surface area contributed by atoms with E-state index in [0.29, 0.717) is 0 Å². The molecule has 0 heterocycles. The van der Waals surface area contributed by atoms with Gasteiger partial charge in [0.1, 0.15) is 0 Å². The Morgan fingerprint density at radius 1 is 1.32 bits per heavy atom. The summed E-state index contributed by atoms with van der Waals surface area (Å²) in [7, 11) is -2.29. The van der Waals surface area contributed by atoms with Gasteiger partial charge in [-0.2, -0.15) is 4.31 Å². The maximum atomic E-state index is 12.4. The third kappa shape index (κ3) is 4.28. The molecule has 6 nitrogen and oxygen atoms in total. The van der Waals surface area contributed by atoms with Crippen LogP contribution in [0.2, 0.25) is 0 Å². The van der Waals surface area contributed by atoms with E-state index < -0.39 is 15.6 Å². The summed E-state index contributed by atoms with van der Waals surface area (Å²) in [6.45, 7) is 5.79. The normalized spacial score (nSPS) is 14.9. The minimum Gasteiger partial charge on any atom is -0.348 e. The minimum absolute atomic E-state index is 0.137. The molecule has 0 radical (unpaired) electrons. The lowest BCUT2D eigenvalue weighted by Crippen LogP contribution is -2.56. The van der Waals surface area contributed by atoms with Crippen molar-refractivity contribution in [2.45, 2.75) is 31.2 Å². The molecule has 1 aromatic carbocycles. The highest BCUT2D eigenvalue weighted by Gasteiger charge is 2.30. The summed E-state index contributed by atoms with van der Waals surface area (Å²) in [6, 6.07) is 8.03. The molecule has 0 spiro atoms. The first-order chi connectivity index (χ1) is 10.1. The van der Waals surface area contributed by atoms with Crippen molar-refractivity contribution >= 4 is 15.9 Å². The van der Waals surface area contributed by atoms with Crippen molar-refractivity contribution in [3.8, 4) is 0 Å². The van der Waals surface area contributed by atoms with Gasteiger partial charge in [-0.15, -0.1) is 0 Å². The Balaban J connectivity index is 2.80. The number of nitrogens with zero attached hydrogens (tertiary/aromatic N) is 1. The Bertz CT molecular complexity index is 602. The van der Waals surface area contributed by atoms with Crippen LogP contribution in [-0.4, -0.2) is 44.3 Å². The molecule has 1 atom stereocenters. The lowest BCUT2D eigenvalue weighted by atomic mass is 9.88. The molecule has 1 aromatic rings. The Kier molecular flexibility index (Phi) is 6.10. The van der Waals surface area contributed by atoms with Gasteiger partial charge >= 0.3 is 0 Å². The summed E-state index contributed by atoms with van der Waals surface area (Å²) in [5.74, 6) is -0.235. The molecule has 0 aliphatic carbocycles. The number of amides is 1. The molecule has 7 heteroatoms. The molecule has 1 amide bonds. The Labute approximate surface area is 132 Å². The predicted molar refractivity (Wildman–Crippen MR) is 86.7 cm³/mol. The summed E-state index contributed by atoms with van der Waals surface area (Å²) in [5.41, 5.74) is 5.16. The van der Waals surface area contributed by atoms with Crippen LogP contribution in [0.1, 0.15) is 20.8 Å². The molecule has 0 aromatic heterocycles. The van der Waals surface area contributed by atoms with Crippen LogP contribution in [-0.2, 0) is 14.8 Å². The first-order valence-electron chi connectivity index (χ1n) is 7.16. The lowest BCUT2D eigenvalue weighted by Gasteiger charge is -2.34. The summed E-state index contributed by atoms with van der Waals surface area (Å²) in [4.78, 5) is 12.3. The van der Waals surface area contributed by atoms with E-state index in [0.717, 1.165) is 4.31 Å². The molecule has 0 saturated carbocycles. The number of likely N-dealkylation sites (N-methyl/N-ethyl adjacent to an activating group) is 1. The number of carbonyl (C=O) groups excluding carboxylic acids is 1.